The van der Waals surface area contributed by atoms with Crippen molar-refractivity contribution in [2.45, 2.75) is 45.4 Å². The minimum atomic E-state index is -0.264. The molecule has 1 rings (SSSR count). The molecule has 0 saturated heterocycles. The van der Waals surface area contributed by atoms with Crippen molar-refractivity contribution in [3.8, 4) is 11.5 Å². The molecule has 4 nitrogen and oxygen atoms in total. The van der Waals surface area contributed by atoms with Crippen molar-refractivity contribution in [3.63, 3.8) is 0 Å². The number of unbranched alkanes of at least 4 members (excludes halogenated alkanes) is 5. The second kappa shape index (κ2) is 8.40. The summed E-state index contributed by atoms with van der Waals surface area (Å²) < 4.78 is 0. The number of carbonyl (C=O) groups is 1. The highest BCUT2D eigenvalue weighted by atomic mass is 16.3. The molecule has 0 fully saturated rings. The van der Waals surface area contributed by atoms with Gasteiger partial charge in [0.05, 0.1) is 0 Å². The molecular weight excluding hydrogens is 242 g/mol. The van der Waals surface area contributed by atoms with Gasteiger partial charge in [-0.25, -0.2) is 0 Å². The Morgan fingerprint density at radius 3 is 2.21 bits per heavy atom. The lowest BCUT2D eigenvalue weighted by molar-refractivity contribution is 0.0952. The molecule has 0 aliphatic rings. The summed E-state index contributed by atoms with van der Waals surface area (Å²) in [6.07, 6.45) is 7.04. The number of amides is 1. The third kappa shape index (κ3) is 6.13. The smallest absolute Gasteiger partial charge is 0.251 e. The number of hydrogen-bond donors (Lipinski definition) is 3. The van der Waals surface area contributed by atoms with E-state index >= 15 is 0 Å². The lowest BCUT2D eigenvalue weighted by Gasteiger charge is -2.06. The number of rotatable bonds is 8. The maximum absolute atomic E-state index is 11.8. The minimum Gasteiger partial charge on any atom is -0.508 e. The van der Waals surface area contributed by atoms with Crippen LogP contribution in [0.5, 0.6) is 11.5 Å². The molecule has 0 aliphatic heterocycles. The first kappa shape index (κ1) is 15.3. The second-order valence-corrected chi connectivity index (χ2v) is 4.76. The zero-order chi connectivity index (χ0) is 14.1. The number of carbonyl (C=O) groups excluding carboxylic acids is 1. The monoisotopic (exact) mass is 265 g/mol. The summed E-state index contributed by atoms with van der Waals surface area (Å²) in [4.78, 5) is 11.8. The third-order valence-electron chi connectivity index (χ3n) is 2.98. The van der Waals surface area contributed by atoms with Crippen molar-refractivity contribution in [1.29, 1.82) is 0 Å². The topological polar surface area (TPSA) is 69.6 Å². The van der Waals surface area contributed by atoms with Crippen LogP contribution < -0.4 is 5.32 Å². The first-order valence-electron chi connectivity index (χ1n) is 6.94. The molecule has 1 aromatic carbocycles. The van der Waals surface area contributed by atoms with Crippen LogP contribution in [-0.2, 0) is 0 Å². The number of phenols is 2. The fourth-order valence-corrected chi connectivity index (χ4v) is 1.94. The average Bonchev–Trinajstić information content (AvgIpc) is 2.36. The van der Waals surface area contributed by atoms with Crippen LogP contribution >= 0.6 is 0 Å². The van der Waals surface area contributed by atoms with Crippen LogP contribution in [0.4, 0.5) is 0 Å². The van der Waals surface area contributed by atoms with Gasteiger partial charge in [-0.3, -0.25) is 4.79 Å². The van der Waals surface area contributed by atoms with Crippen molar-refractivity contribution >= 4 is 5.91 Å². The molecule has 0 atom stereocenters. The van der Waals surface area contributed by atoms with Crippen LogP contribution in [0.2, 0.25) is 0 Å². The van der Waals surface area contributed by atoms with Crippen molar-refractivity contribution < 1.29 is 15.0 Å². The van der Waals surface area contributed by atoms with Crippen LogP contribution in [-0.4, -0.2) is 22.7 Å². The van der Waals surface area contributed by atoms with E-state index < -0.39 is 0 Å². The molecule has 19 heavy (non-hydrogen) atoms. The van der Waals surface area contributed by atoms with E-state index in [0.29, 0.717) is 6.54 Å². The summed E-state index contributed by atoms with van der Waals surface area (Å²) in [5.41, 5.74) is 0.281. The Balaban J connectivity index is 2.24. The highest BCUT2D eigenvalue weighted by molar-refractivity contribution is 5.94. The van der Waals surface area contributed by atoms with Crippen LogP contribution in [0.1, 0.15) is 55.8 Å². The zero-order valence-corrected chi connectivity index (χ0v) is 11.5. The Labute approximate surface area is 114 Å². The standard InChI is InChI=1S/C15H23NO3/c1-2-3-4-5-6-7-8-16-15(19)12-9-13(17)11-14(18)10-12/h9-11,17-18H,2-8H2,1H3,(H,16,19). The molecule has 106 valence electrons. The van der Waals surface area contributed by atoms with E-state index in [2.05, 4.69) is 12.2 Å². The normalized spacial score (nSPS) is 10.4. The van der Waals surface area contributed by atoms with Gasteiger partial charge < -0.3 is 15.5 Å². The fraction of sp³-hybridized carbons (Fsp3) is 0.533. The number of aromatic hydroxyl groups is 2. The van der Waals surface area contributed by atoms with Crippen molar-refractivity contribution in [3.05, 3.63) is 23.8 Å². The summed E-state index contributed by atoms with van der Waals surface area (Å²) in [5, 5.41) is 21.4. The number of hydrogen-bond acceptors (Lipinski definition) is 3. The predicted octanol–water partition coefficient (Wildman–Crippen LogP) is 3.19. The number of nitrogens with one attached hydrogen (secondary N) is 1. The summed E-state index contributed by atoms with van der Waals surface area (Å²) >= 11 is 0. The molecular formula is C15H23NO3. The first-order chi connectivity index (χ1) is 9.13. The molecule has 0 spiro atoms. The molecule has 0 aromatic heterocycles. The first-order valence-corrected chi connectivity index (χ1v) is 6.94. The maximum atomic E-state index is 11.8. The Bertz CT molecular complexity index is 384. The molecule has 1 amide bonds. The van der Waals surface area contributed by atoms with Crippen LogP contribution in [0.25, 0.3) is 0 Å². The van der Waals surface area contributed by atoms with Gasteiger partial charge in [0.25, 0.3) is 5.91 Å². The minimum absolute atomic E-state index is 0.107. The van der Waals surface area contributed by atoms with Crippen LogP contribution in [0, 0.1) is 0 Å². The second-order valence-electron chi connectivity index (χ2n) is 4.76. The molecule has 0 bridgehead atoms. The highest BCUT2D eigenvalue weighted by Gasteiger charge is 2.07. The molecule has 0 saturated carbocycles. The molecule has 4 heteroatoms. The lowest BCUT2D eigenvalue weighted by atomic mass is 10.1. The molecule has 0 unspecified atom stereocenters. The summed E-state index contributed by atoms with van der Waals surface area (Å²) in [7, 11) is 0. The van der Waals surface area contributed by atoms with E-state index in [1.54, 1.807) is 0 Å². The predicted molar refractivity (Wildman–Crippen MR) is 75.5 cm³/mol. The van der Waals surface area contributed by atoms with Gasteiger partial charge in [-0.05, 0) is 18.6 Å². The quantitative estimate of drug-likeness (QED) is 0.632. The number of benzene rings is 1. The Kier molecular flexibility index (Phi) is 6.79. The van der Waals surface area contributed by atoms with Gasteiger partial charge in [-0.15, -0.1) is 0 Å². The van der Waals surface area contributed by atoms with E-state index in [4.69, 9.17) is 0 Å². The SMILES string of the molecule is CCCCCCCCNC(=O)c1cc(O)cc(O)c1. The van der Waals surface area contributed by atoms with E-state index in [1.807, 2.05) is 0 Å². The van der Waals surface area contributed by atoms with Crippen LogP contribution in [0.15, 0.2) is 18.2 Å². The summed E-state index contributed by atoms with van der Waals surface area (Å²) in [6.45, 7) is 2.81. The van der Waals surface area contributed by atoms with E-state index in [-0.39, 0.29) is 23.0 Å². The average molecular weight is 265 g/mol. The van der Waals surface area contributed by atoms with Gasteiger partial charge in [-0.2, -0.15) is 0 Å². The van der Waals surface area contributed by atoms with Gasteiger partial charge in [0.2, 0.25) is 0 Å². The summed E-state index contributed by atoms with van der Waals surface area (Å²) in [5.74, 6) is -0.478. The van der Waals surface area contributed by atoms with Gasteiger partial charge in [0.15, 0.2) is 0 Å². The molecule has 1 aromatic rings. The van der Waals surface area contributed by atoms with Crippen molar-refractivity contribution in [2.75, 3.05) is 6.54 Å². The Morgan fingerprint density at radius 2 is 1.58 bits per heavy atom. The largest absolute Gasteiger partial charge is 0.508 e. The maximum Gasteiger partial charge on any atom is 0.251 e. The van der Waals surface area contributed by atoms with Gasteiger partial charge in [-0.1, -0.05) is 39.0 Å². The van der Waals surface area contributed by atoms with Gasteiger partial charge in [0, 0.05) is 18.2 Å². The number of phenolic OH excluding ortho intramolecular Hbond substituents is 2. The van der Waals surface area contributed by atoms with E-state index in [9.17, 15) is 15.0 Å². The van der Waals surface area contributed by atoms with Crippen LogP contribution in [0.3, 0.4) is 0 Å². The van der Waals surface area contributed by atoms with E-state index in [0.717, 1.165) is 12.8 Å². The van der Waals surface area contributed by atoms with Gasteiger partial charge >= 0.3 is 0 Å². The molecule has 0 aliphatic carbocycles. The molecule has 0 heterocycles. The molecule has 0 radical (unpaired) electrons. The zero-order valence-electron chi connectivity index (χ0n) is 11.5. The molecule has 3 N–H and O–H groups in total. The van der Waals surface area contributed by atoms with E-state index in [1.165, 1.54) is 43.9 Å². The summed E-state index contributed by atoms with van der Waals surface area (Å²) in [6, 6.07) is 3.89. The Hall–Kier alpha value is -1.71. The van der Waals surface area contributed by atoms with Crippen molar-refractivity contribution in [1.82, 2.24) is 5.32 Å². The van der Waals surface area contributed by atoms with Crippen molar-refractivity contribution in [2.24, 2.45) is 0 Å². The third-order valence-corrected chi connectivity index (χ3v) is 2.98. The lowest BCUT2D eigenvalue weighted by Crippen LogP contribution is -2.24. The fourth-order valence-electron chi connectivity index (χ4n) is 1.94. The Morgan fingerprint density at radius 1 is 1.00 bits per heavy atom. The van der Waals surface area contributed by atoms with Gasteiger partial charge in [0.1, 0.15) is 11.5 Å². The highest BCUT2D eigenvalue weighted by Crippen LogP contribution is 2.20.